The maximum atomic E-state index is 11.6. The molecule has 1 atom stereocenters. The molecule has 1 aliphatic carbocycles. The Bertz CT molecular complexity index is 231. The molecular formula is C12H20O3. The number of carbonyl (C=O) groups is 1. The second-order valence-electron chi connectivity index (χ2n) is 4.64. The predicted octanol–water partition coefficient (Wildman–Crippen LogP) is 2.43. The minimum absolute atomic E-state index is 0.110. The van der Waals surface area contributed by atoms with Crippen molar-refractivity contribution in [2.75, 3.05) is 6.61 Å². The lowest BCUT2D eigenvalue weighted by molar-refractivity contribution is -0.145. The van der Waals surface area contributed by atoms with Gasteiger partial charge in [0.05, 0.1) is 6.61 Å². The van der Waals surface area contributed by atoms with Gasteiger partial charge >= 0.3 is 5.97 Å². The lowest BCUT2D eigenvalue weighted by atomic mass is 9.86. The van der Waals surface area contributed by atoms with Crippen molar-refractivity contribution >= 4 is 5.97 Å². The standard InChI is InChI=1S/C12H20O3/c1-2-3-9-14-11(13)10-12(15-10)7-5-4-6-8-12/h10H,2-9H2,1H3/t10-/m1/s1. The van der Waals surface area contributed by atoms with Crippen molar-refractivity contribution in [2.24, 2.45) is 0 Å². The minimum atomic E-state index is -0.241. The van der Waals surface area contributed by atoms with Gasteiger partial charge in [0.1, 0.15) is 5.60 Å². The van der Waals surface area contributed by atoms with Gasteiger partial charge in [0.2, 0.25) is 0 Å². The average Bonchev–Trinajstić information content (AvgIpc) is 2.94. The molecule has 0 amide bonds. The first-order valence-corrected chi connectivity index (χ1v) is 6.13. The highest BCUT2D eigenvalue weighted by atomic mass is 16.7. The summed E-state index contributed by atoms with van der Waals surface area (Å²) >= 11 is 0. The Kier molecular flexibility index (Phi) is 3.29. The van der Waals surface area contributed by atoms with Gasteiger partial charge in [-0.25, -0.2) is 4.79 Å². The molecule has 0 aromatic heterocycles. The Labute approximate surface area is 91.1 Å². The Morgan fingerprint density at radius 2 is 2.13 bits per heavy atom. The largest absolute Gasteiger partial charge is 0.464 e. The molecule has 0 unspecified atom stereocenters. The van der Waals surface area contributed by atoms with Crippen LogP contribution >= 0.6 is 0 Å². The molecular weight excluding hydrogens is 192 g/mol. The first-order chi connectivity index (χ1) is 7.28. The summed E-state index contributed by atoms with van der Waals surface area (Å²) in [5.74, 6) is -0.134. The minimum Gasteiger partial charge on any atom is -0.464 e. The van der Waals surface area contributed by atoms with Gasteiger partial charge in [-0.1, -0.05) is 32.6 Å². The third-order valence-corrected chi connectivity index (χ3v) is 3.43. The van der Waals surface area contributed by atoms with Gasteiger partial charge in [-0.05, 0) is 19.3 Å². The van der Waals surface area contributed by atoms with Crippen molar-refractivity contribution in [1.82, 2.24) is 0 Å². The number of carbonyl (C=O) groups excluding carboxylic acids is 1. The van der Waals surface area contributed by atoms with Crippen LogP contribution in [0.15, 0.2) is 0 Å². The number of hydrogen-bond donors (Lipinski definition) is 0. The number of ether oxygens (including phenoxy) is 2. The van der Waals surface area contributed by atoms with Crippen LogP contribution in [0, 0.1) is 0 Å². The van der Waals surface area contributed by atoms with E-state index in [9.17, 15) is 4.79 Å². The summed E-state index contributed by atoms with van der Waals surface area (Å²) in [6.45, 7) is 2.63. The maximum absolute atomic E-state index is 11.6. The first-order valence-electron chi connectivity index (χ1n) is 6.13. The van der Waals surface area contributed by atoms with E-state index in [1.54, 1.807) is 0 Å². The van der Waals surface area contributed by atoms with E-state index in [4.69, 9.17) is 9.47 Å². The van der Waals surface area contributed by atoms with Crippen LogP contribution in [0.25, 0.3) is 0 Å². The maximum Gasteiger partial charge on any atom is 0.338 e. The molecule has 2 rings (SSSR count). The fraction of sp³-hybridized carbons (Fsp3) is 0.917. The molecule has 3 nitrogen and oxygen atoms in total. The SMILES string of the molecule is CCCCOC(=O)[C@H]1OC12CCCCC2. The fourth-order valence-electron chi connectivity index (χ4n) is 2.39. The van der Waals surface area contributed by atoms with Crippen molar-refractivity contribution < 1.29 is 14.3 Å². The molecule has 1 saturated carbocycles. The van der Waals surface area contributed by atoms with E-state index >= 15 is 0 Å². The van der Waals surface area contributed by atoms with E-state index in [2.05, 4.69) is 6.92 Å². The van der Waals surface area contributed by atoms with E-state index in [-0.39, 0.29) is 17.7 Å². The quantitative estimate of drug-likeness (QED) is 0.408. The van der Waals surface area contributed by atoms with Crippen LogP contribution in [0.3, 0.4) is 0 Å². The molecule has 0 radical (unpaired) electrons. The molecule has 1 saturated heterocycles. The van der Waals surface area contributed by atoms with E-state index in [0.717, 1.165) is 25.7 Å². The van der Waals surface area contributed by atoms with Crippen molar-refractivity contribution in [3.63, 3.8) is 0 Å². The Balaban J connectivity index is 1.74. The van der Waals surface area contributed by atoms with Crippen LogP contribution in [-0.2, 0) is 14.3 Å². The second kappa shape index (κ2) is 4.52. The molecule has 2 fully saturated rings. The number of epoxide rings is 1. The van der Waals surface area contributed by atoms with Gasteiger partial charge in [0.15, 0.2) is 6.10 Å². The van der Waals surface area contributed by atoms with Crippen molar-refractivity contribution in [3.05, 3.63) is 0 Å². The van der Waals surface area contributed by atoms with Crippen molar-refractivity contribution in [2.45, 2.75) is 63.6 Å². The highest BCUT2D eigenvalue weighted by Gasteiger charge is 2.61. The monoisotopic (exact) mass is 212 g/mol. The molecule has 3 heteroatoms. The lowest BCUT2D eigenvalue weighted by Crippen LogP contribution is -2.25. The van der Waals surface area contributed by atoms with E-state index in [1.807, 2.05) is 0 Å². The normalized spacial score (nSPS) is 27.7. The van der Waals surface area contributed by atoms with Crippen LogP contribution in [-0.4, -0.2) is 24.3 Å². The molecule has 86 valence electrons. The van der Waals surface area contributed by atoms with Crippen LogP contribution in [0.2, 0.25) is 0 Å². The van der Waals surface area contributed by atoms with Gasteiger partial charge in [0, 0.05) is 0 Å². The highest BCUT2D eigenvalue weighted by Crippen LogP contribution is 2.48. The zero-order valence-electron chi connectivity index (χ0n) is 9.46. The third-order valence-electron chi connectivity index (χ3n) is 3.43. The summed E-state index contributed by atoms with van der Waals surface area (Å²) in [5.41, 5.74) is -0.110. The van der Waals surface area contributed by atoms with Crippen molar-refractivity contribution in [1.29, 1.82) is 0 Å². The van der Waals surface area contributed by atoms with E-state index in [1.165, 1.54) is 19.3 Å². The summed E-state index contributed by atoms with van der Waals surface area (Å²) in [4.78, 5) is 11.6. The summed E-state index contributed by atoms with van der Waals surface area (Å²) < 4.78 is 10.7. The Morgan fingerprint density at radius 3 is 2.80 bits per heavy atom. The molecule has 0 aromatic carbocycles. The lowest BCUT2D eigenvalue weighted by Gasteiger charge is -2.17. The van der Waals surface area contributed by atoms with Gasteiger partial charge in [-0.2, -0.15) is 0 Å². The van der Waals surface area contributed by atoms with Gasteiger partial charge in [-0.3, -0.25) is 0 Å². The average molecular weight is 212 g/mol. The molecule has 0 bridgehead atoms. The van der Waals surface area contributed by atoms with Crippen LogP contribution in [0.1, 0.15) is 51.9 Å². The summed E-state index contributed by atoms with van der Waals surface area (Å²) in [7, 11) is 0. The zero-order chi connectivity index (χ0) is 10.7. The van der Waals surface area contributed by atoms with Gasteiger partial charge in [-0.15, -0.1) is 0 Å². The number of hydrogen-bond acceptors (Lipinski definition) is 3. The summed E-state index contributed by atoms with van der Waals surface area (Å²) in [6, 6.07) is 0. The van der Waals surface area contributed by atoms with Crippen molar-refractivity contribution in [3.8, 4) is 0 Å². The zero-order valence-corrected chi connectivity index (χ0v) is 9.46. The molecule has 0 aromatic rings. The number of unbranched alkanes of at least 4 members (excludes halogenated alkanes) is 1. The molecule has 1 spiro atoms. The first kappa shape index (κ1) is 10.9. The fourth-order valence-corrected chi connectivity index (χ4v) is 2.39. The second-order valence-corrected chi connectivity index (χ2v) is 4.64. The third kappa shape index (κ3) is 2.33. The smallest absolute Gasteiger partial charge is 0.338 e. The van der Waals surface area contributed by atoms with Crippen LogP contribution < -0.4 is 0 Å². The van der Waals surface area contributed by atoms with E-state index in [0.29, 0.717) is 6.61 Å². The van der Waals surface area contributed by atoms with Crippen LogP contribution in [0.4, 0.5) is 0 Å². The summed E-state index contributed by atoms with van der Waals surface area (Å²) in [5, 5.41) is 0. The number of rotatable bonds is 4. The van der Waals surface area contributed by atoms with Gasteiger partial charge in [0.25, 0.3) is 0 Å². The Hall–Kier alpha value is -0.570. The highest BCUT2D eigenvalue weighted by molar-refractivity contribution is 5.79. The predicted molar refractivity (Wildman–Crippen MR) is 56.6 cm³/mol. The van der Waals surface area contributed by atoms with E-state index < -0.39 is 0 Å². The molecule has 15 heavy (non-hydrogen) atoms. The Morgan fingerprint density at radius 1 is 1.40 bits per heavy atom. The number of esters is 1. The topological polar surface area (TPSA) is 38.8 Å². The summed E-state index contributed by atoms with van der Waals surface area (Å²) in [6.07, 6.45) is 7.52. The van der Waals surface area contributed by atoms with Crippen LogP contribution in [0.5, 0.6) is 0 Å². The molecule has 0 N–H and O–H groups in total. The van der Waals surface area contributed by atoms with Gasteiger partial charge < -0.3 is 9.47 Å². The molecule has 1 aliphatic heterocycles. The molecule has 2 aliphatic rings. The molecule has 1 heterocycles.